The number of nitrogens with two attached hydrogens (primary N) is 4. The number of aliphatic hydroxyl groups is 1. The fourth-order valence-corrected chi connectivity index (χ4v) is 3.01. The molecule has 5 unspecified atom stereocenters. The van der Waals surface area contributed by atoms with Crippen molar-refractivity contribution in [3.8, 4) is 0 Å². The number of hydrogen-bond acceptors (Lipinski definition) is 8. The summed E-state index contributed by atoms with van der Waals surface area (Å²) in [4.78, 5) is 53.4. The highest BCUT2D eigenvalue weighted by Crippen LogP contribution is 2.07. The van der Waals surface area contributed by atoms with E-state index in [1.165, 1.54) is 6.92 Å². The van der Waals surface area contributed by atoms with E-state index in [1.54, 1.807) is 13.8 Å². The molecule has 14 nitrogen and oxygen atoms in total. The van der Waals surface area contributed by atoms with E-state index in [9.17, 15) is 29.4 Å². The maximum Gasteiger partial charge on any atom is 0.326 e. The van der Waals surface area contributed by atoms with Crippen LogP contribution in [-0.2, 0) is 19.2 Å². The molecule has 0 saturated carbocycles. The molecule has 13 N–H and O–H groups in total. The van der Waals surface area contributed by atoms with Gasteiger partial charge < -0.3 is 49.1 Å². The van der Waals surface area contributed by atoms with Crippen LogP contribution in [0.15, 0.2) is 4.99 Å². The van der Waals surface area contributed by atoms with E-state index in [4.69, 9.17) is 22.9 Å². The molecule has 0 bridgehead atoms. The summed E-state index contributed by atoms with van der Waals surface area (Å²) in [7, 11) is 0. The largest absolute Gasteiger partial charge is 0.480 e. The number of hydrogen-bond donors (Lipinski definition) is 9. The highest BCUT2D eigenvalue weighted by molar-refractivity contribution is 5.94. The molecule has 0 fully saturated rings. The summed E-state index contributed by atoms with van der Waals surface area (Å²) >= 11 is 0. The number of carbonyl (C=O) groups excluding carboxylic acids is 3. The second kappa shape index (κ2) is 16.6. The molecule has 0 aromatic carbocycles. The summed E-state index contributed by atoms with van der Waals surface area (Å²) in [5.74, 6) is -3.75. The van der Waals surface area contributed by atoms with Crippen molar-refractivity contribution in [2.75, 3.05) is 13.1 Å². The zero-order valence-electron chi connectivity index (χ0n) is 20.7. The lowest BCUT2D eigenvalue weighted by Crippen LogP contribution is -2.60. The van der Waals surface area contributed by atoms with Gasteiger partial charge in [0.2, 0.25) is 17.7 Å². The molecule has 0 spiro atoms. The van der Waals surface area contributed by atoms with E-state index in [1.807, 2.05) is 0 Å². The quantitative estimate of drug-likeness (QED) is 0.0555. The van der Waals surface area contributed by atoms with Crippen molar-refractivity contribution in [3.63, 3.8) is 0 Å². The number of amides is 3. The van der Waals surface area contributed by atoms with E-state index in [0.717, 1.165) is 0 Å². The number of nitrogens with one attached hydrogen (secondary N) is 3. The number of aliphatic hydroxyl groups excluding tert-OH is 1. The van der Waals surface area contributed by atoms with Crippen LogP contribution in [0, 0.1) is 5.92 Å². The summed E-state index contributed by atoms with van der Waals surface area (Å²) < 4.78 is 0. The molecule has 0 saturated heterocycles. The summed E-state index contributed by atoms with van der Waals surface area (Å²) in [5.41, 5.74) is 21.8. The summed E-state index contributed by atoms with van der Waals surface area (Å²) in [6.45, 7) is 5.33. The topological polar surface area (TPSA) is 261 Å². The van der Waals surface area contributed by atoms with Crippen molar-refractivity contribution < 1.29 is 29.4 Å². The van der Waals surface area contributed by atoms with Crippen molar-refractivity contribution in [1.82, 2.24) is 16.0 Å². The standard InChI is InChI=1S/C21H42N8O6/c1-11(2)15(23)18(32)29-16(12(3)30)19(33)27-13(7-4-5-9-22)17(31)28-14(20(34)35)8-6-10-26-21(24)25/h11-16,30H,4-10,22-23H2,1-3H3,(H,27,33)(H,28,31)(H,29,32)(H,34,35)(H4,24,25,26). The van der Waals surface area contributed by atoms with Crippen LogP contribution < -0.4 is 38.9 Å². The smallest absolute Gasteiger partial charge is 0.326 e. The first-order valence-corrected chi connectivity index (χ1v) is 11.6. The number of carbonyl (C=O) groups is 4. The molecule has 0 aliphatic rings. The molecular weight excluding hydrogens is 460 g/mol. The molecule has 202 valence electrons. The molecule has 0 aliphatic heterocycles. The van der Waals surface area contributed by atoms with Gasteiger partial charge in [0, 0.05) is 6.54 Å². The minimum absolute atomic E-state index is 0.0563. The molecule has 0 aromatic heterocycles. The van der Waals surface area contributed by atoms with Gasteiger partial charge in [-0.25, -0.2) is 4.79 Å². The first-order valence-electron chi connectivity index (χ1n) is 11.6. The van der Waals surface area contributed by atoms with Crippen molar-refractivity contribution in [1.29, 1.82) is 0 Å². The van der Waals surface area contributed by atoms with Gasteiger partial charge in [-0.05, 0) is 51.5 Å². The van der Waals surface area contributed by atoms with Crippen LogP contribution in [0.4, 0.5) is 0 Å². The third-order valence-corrected chi connectivity index (χ3v) is 5.22. The van der Waals surface area contributed by atoms with Crippen molar-refractivity contribution in [3.05, 3.63) is 0 Å². The van der Waals surface area contributed by atoms with Gasteiger partial charge in [-0.3, -0.25) is 19.4 Å². The highest BCUT2D eigenvalue weighted by Gasteiger charge is 2.32. The second-order valence-corrected chi connectivity index (χ2v) is 8.69. The first-order chi connectivity index (χ1) is 16.3. The lowest BCUT2D eigenvalue weighted by atomic mass is 10.0. The molecule has 5 atom stereocenters. The Morgan fingerprint density at radius 2 is 1.43 bits per heavy atom. The molecule has 14 heteroatoms. The normalized spacial score (nSPS) is 15.3. The number of unbranched alkanes of at least 4 members (excludes halogenated alkanes) is 1. The zero-order valence-corrected chi connectivity index (χ0v) is 20.7. The Morgan fingerprint density at radius 3 is 1.91 bits per heavy atom. The molecular formula is C21H42N8O6. The van der Waals surface area contributed by atoms with Crippen LogP contribution in [0.5, 0.6) is 0 Å². The highest BCUT2D eigenvalue weighted by atomic mass is 16.4. The summed E-state index contributed by atoms with van der Waals surface area (Å²) in [6, 6.07) is -4.62. The van der Waals surface area contributed by atoms with Crippen LogP contribution in [0.1, 0.15) is 52.9 Å². The van der Waals surface area contributed by atoms with Crippen LogP contribution in [0.2, 0.25) is 0 Å². The number of aliphatic carboxylic acids is 1. The Hall–Kier alpha value is -2.97. The predicted molar refractivity (Wildman–Crippen MR) is 131 cm³/mol. The first kappa shape index (κ1) is 32.0. The molecule has 0 rings (SSSR count). The third kappa shape index (κ3) is 12.9. The van der Waals surface area contributed by atoms with E-state index in [-0.39, 0.29) is 31.3 Å². The van der Waals surface area contributed by atoms with Gasteiger partial charge in [-0.1, -0.05) is 13.8 Å². The second-order valence-electron chi connectivity index (χ2n) is 8.69. The number of carboxylic acid groups (broad SMARTS) is 1. The van der Waals surface area contributed by atoms with Gasteiger partial charge >= 0.3 is 5.97 Å². The predicted octanol–water partition coefficient (Wildman–Crippen LogP) is -2.93. The van der Waals surface area contributed by atoms with Gasteiger partial charge in [0.05, 0.1) is 12.1 Å². The molecule has 3 amide bonds. The fraction of sp³-hybridized carbons (Fsp3) is 0.762. The van der Waals surface area contributed by atoms with Gasteiger partial charge in [0.15, 0.2) is 5.96 Å². The van der Waals surface area contributed by atoms with Gasteiger partial charge in [-0.2, -0.15) is 0 Å². The van der Waals surface area contributed by atoms with Gasteiger partial charge in [0.25, 0.3) is 0 Å². The van der Waals surface area contributed by atoms with Crippen molar-refractivity contribution in [2.24, 2.45) is 33.8 Å². The lowest BCUT2D eigenvalue weighted by molar-refractivity contribution is -0.142. The van der Waals surface area contributed by atoms with Gasteiger partial charge in [-0.15, -0.1) is 0 Å². The van der Waals surface area contributed by atoms with E-state index >= 15 is 0 Å². The average molecular weight is 503 g/mol. The average Bonchev–Trinajstić information content (AvgIpc) is 2.77. The van der Waals surface area contributed by atoms with Crippen LogP contribution in [0.3, 0.4) is 0 Å². The fourth-order valence-electron chi connectivity index (χ4n) is 3.01. The molecule has 0 heterocycles. The van der Waals surface area contributed by atoms with Crippen LogP contribution in [-0.4, -0.2) is 83.2 Å². The van der Waals surface area contributed by atoms with Crippen LogP contribution >= 0.6 is 0 Å². The lowest BCUT2D eigenvalue weighted by Gasteiger charge is -2.27. The third-order valence-electron chi connectivity index (χ3n) is 5.22. The van der Waals surface area contributed by atoms with Crippen molar-refractivity contribution in [2.45, 2.75) is 83.1 Å². The number of rotatable bonds is 17. The monoisotopic (exact) mass is 502 g/mol. The van der Waals surface area contributed by atoms with Crippen LogP contribution in [0.25, 0.3) is 0 Å². The number of aliphatic imine (C=N–C) groups is 1. The van der Waals surface area contributed by atoms with Gasteiger partial charge in [0.1, 0.15) is 18.1 Å². The summed E-state index contributed by atoms with van der Waals surface area (Å²) in [6.07, 6.45) is 0.280. The molecule has 0 radical (unpaired) electrons. The Morgan fingerprint density at radius 1 is 0.857 bits per heavy atom. The molecule has 0 aliphatic carbocycles. The Bertz CT molecular complexity index is 727. The van der Waals surface area contributed by atoms with Crippen molar-refractivity contribution >= 4 is 29.7 Å². The minimum Gasteiger partial charge on any atom is -0.480 e. The minimum atomic E-state index is -1.37. The maximum absolute atomic E-state index is 12.9. The van der Waals surface area contributed by atoms with E-state index < -0.39 is 54.0 Å². The SMILES string of the molecule is CC(C)C(N)C(=O)NC(C(=O)NC(CCCCN)C(=O)NC(CCCN=C(N)N)C(=O)O)C(C)O. The van der Waals surface area contributed by atoms with E-state index in [2.05, 4.69) is 20.9 Å². The number of carboxylic acids is 1. The Kier molecular flexibility index (Phi) is 15.2. The zero-order chi connectivity index (χ0) is 27.1. The number of guanidine groups is 1. The Labute approximate surface area is 205 Å². The molecule has 0 aromatic rings. The molecule has 35 heavy (non-hydrogen) atoms. The van der Waals surface area contributed by atoms with E-state index in [0.29, 0.717) is 25.8 Å². The maximum atomic E-state index is 12.9. The number of nitrogens with zero attached hydrogens (tertiary/aromatic N) is 1. The Balaban J connectivity index is 5.42. The summed E-state index contributed by atoms with van der Waals surface area (Å²) in [5, 5.41) is 26.8.